The summed E-state index contributed by atoms with van der Waals surface area (Å²) in [5.74, 6) is 0.324. The molecule has 2 N–H and O–H groups in total. The molecule has 0 amide bonds. The lowest BCUT2D eigenvalue weighted by atomic mass is 10.2. The van der Waals surface area contributed by atoms with Crippen LogP contribution < -0.4 is 20.5 Å². The zero-order valence-corrected chi connectivity index (χ0v) is 13.0. The highest BCUT2D eigenvalue weighted by Crippen LogP contribution is 2.29. The Hall–Kier alpha value is -2.97. The molecule has 0 aliphatic rings. The van der Waals surface area contributed by atoms with E-state index < -0.39 is 6.61 Å². The van der Waals surface area contributed by atoms with E-state index in [1.54, 1.807) is 13.8 Å². The molecule has 9 heteroatoms. The number of anilines is 1. The van der Waals surface area contributed by atoms with Crippen molar-refractivity contribution in [2.45, 2.75) is 20.5 Å². The number of hydrazone groups is 1. The lowest BCUT2D eigenvalue weighted by molar-refractivity contribution is -0.0514. The molecular weight excluding hydrogens is 322 g/mol. The highest BCUT2D eigenvalue weighted by molar-refractivity contribution is 5.81. The van der Waals surface area contributed by atoms with Gasteiger partial charge >= 0.3 is 6.61 Å². The molecule has 128 valence electrons. The summed E-state index contributed by atoms with van der Waals surface area (Å²) in [6.45, 7) is 0.774. The number of aromatic amines is 1. The second kappa shape index (κ2) is 8.04. The molecule has 0 spiro atoms. The van der Waals surface area contributed by atoms with Crippen LogP contribution >= 0.6 is 0 Å². The fourth-order valence-corrected chi connectivity index (χ4v) is 1.87. The average Bonchev–Trinajstić information content (AvgIpc) is 2.48. The van der Waals surface area contributed by atoms with Gasteiger partial charge in [0.25, 0.3) is 5.56 Å². The number of hydrogen-bond acceptors (Lipinski definition) is 6. The van der Waals surface area contributed by atoms with Gasteiger partial charge in [0.05, 0.1) is 12.8 Å². The van der Waals surface area contributed by atoms with Crippen LogP contribution in [0.4, 0.5) is 14.7 Å². The molecule has 2 aromatic rings. The number of benzene rings is 1. The van der Waals surface area contributed by atoms with Gasteiger partial charge in [0.2, 0.25) is 5.95 Å². The average molecular weight is 338 g/mol. The van der Waals surface area contributed by atoms with Gasteiger partial charge in [-0.3, -0.25) is 9.78 Å². The minimum Gasteiger partial charge on any atom is -0.490 e. The maximum atomic E-state index is 12.3. The molecule has 1 aromatic carbocycles. The van der Waals surface area contributed by atoms with E-state index in [-0.39, 0.29) is 23.0 Å². The van der Waals surface area contributed by atoms with Crippen molar-refractivity contribution in [1.82, 2.24) is 9.97 Å². The zero-order valence-electron chi connectivity index (χ0n) is 13.0. The maximum absolute atomic E-state index is 12.3. The number of ether oxygens (including phenoxy) is 2. The monoisotopic (exact) mass is 338 g/mol. The SMILES string of the molecule is CCOc1cc(/C=N\Nc2nc(C)cc(=O)[nH]2)ccc1OC(F)F. The molecule has 24 heavy (non-hydrogen) atoms. The number of H-pyrrole nitrogens is 1. The fraction of sp³-hybridized carbons (Fsp3) is 0.267. The van der Waals surface area contributed by atoms with Crippen LogP contribution in [-0.2, 0) is 0 Å². The van der Waals surface area contributed by atoms with Gasteiger partial charge in [-0.05, 0) is 37.6 Å². The minimum atomic E-state index is -2.94. The van der Waals surface area contributed by atoms with Crippen LogP contribution in [0.15, 0.2) is 34.2 Å². The summed E-state index contributed by atoms with van der Waals surface area (Å²) in [5, 5.41) is 3.93. The van der Waals surface area contributed by atoms with E-state index >= 15 is 0 Å². The lowest BCUT2D eigenvalue weighted by Gasteiger charge is -2.11. The highest BCUT2D eigenvalue weighted by Gasteiger charge is 2.11. The Bertz CT molecular complexity index is 778. The first-order valence-corrected chi connectivity index (χ1v) is 7.06. The molecule has 2 rings (SSSR count). The van der Waals surface area contributed by atoms with Crippen LogP contribution in [0.3, 0.4) is 0 Å². The number of aromatic nitrogens is 2. The van der Waals surface area contributed by atoms with Gasteiger partial charge < -0.3 is 9.47 Å². The number of hydrogen-bond donors (Lipinski definition) is 2. The normalized spacial score (nSPS) is 11.0. The highest BCUT2D eigenvalue weighted by atomic mass is 19.3. The smallest absolute Gasteiger partial charge is 0.387 e. The molecule has 1 heterocycles. The van der Waals surface area contributed by atoms with E-state index in [0.717, 1.165) is 0 Å². The van der Waals surface area contributed by atoms with Crippen molar-refractivity contribution in [3.63, 3.8) is 0 Å². The third kappa shape index (κ3) is 5.04. The van der Waals surface area contributed by atoms with Crippen LogP contribution in [0.5, 0.6) is 11.5 Å². The largest absolute Gasteiger partial charge is 0.490 e. The van der Waals surface area contributed by atoms with Crippen molar-refractivity contribution in [1.29, 1.82) is 0 Å². The first-order valence-electron chi connectivity index (χ1n) is 7.06. The molecule has 0 aliphatic heterocycles. The van der Waals surface area contributed by atoms with E-state index in [1.807, 2.05) is 0 Å². The number of halogens is 2. The summed E-state index contributed by atoms with van der Waals surface area (Å²) < 4.78 is 34.4. The van der Waals surface area contributed by atoms with Gasteiger partial charge in [0.15, 0.2) is 11.5 Å². The van der Waals surface area contributed by atoms with Crippen molar-refractivity contribution in [2.75, 3.05) is 12.0 Å². The molecule has 0 fully saturated rings. The van der Waals surface area contributed by atoms with Crippen molar-refractivity contribution in [3.05, 3.63) is 45.9 Å². The summed E-state index contributed by atoms with van der Waals surface area (Å²) in [4.78, 5) is 17.8. The minimum absolute atomic E-state index is 0.0540. The summed E-state index contributed by atoms with van der Waals surface area (Å²) >= 11 is 0. The van der Waals surface area contributed by atoms with Gasteiger partial charge in [-0.25, -0.2) is 10.4 Å². The Labute approximate surface area is 136 Å². The van der Waals surface area contributed by atoms with Crippen LogP contribution in [0, 0.1) is 6.92 Å². The van der Waals surface area contributed by atoms with Crippen LogP contribution in [-0.4, -0.2) is 29.4 Å². The van der Waals surface area contributed by atoms with E-state index in [1.165, 1.54) is 30.5 Å². The number of rotatable bonds is 7. The standard InChI is InChI=1S/C15H16F2N4O3/c1-3-23-12-7-10(4-5-11(12)24-14(16)17)8-18-21-15-19-9(2)6-13(22)20-15/h4-8,14H,3H2,1-2H3,(H2,19,20,21,22)/b18-8-. The zero-order chi connectivity index (χ0) is 17.5. The number of aryl methyl sites for hydroxylation is 1. The topological polar surface area (TPSA) is 88.6 Å². The molecule has 0 radical (unpaired) electrons. The quantitative estimate of drug-likeness (QED) is 0.598. The van der Waals surface area contributed by atoms with Crippen molar-refractivity contribution in [3.8, 4) is 11.5 Å². The molecular formula is C15H16F2N4O3. The summed E-state index contributed by atoms with van der Waals surface area (Å²) in [5.41, 5.74) is 3.42. The Morgan fingerprint density at radius 2 is 2.17 bits per heavy atom. The molecule has 7 nitrogen and oxygen atoms in total. The third-order valence-electron chi connectivity index (χ3n) is 2.74. The van der Waals surface area contributed by atoms with Crippen LogP contribution in [0.2, 0.25) is 0 Å². The number of nitrogens with one attached hydrogen (secondary N) is 2. The van der Waals surface area contributed by atoms with Gasteiger partial charge in [-0.2, -0.15) is 13.9 Å². The van der Waals surface area contributed by atoms with E-state index in [0.29, 0.717) is 17.9 Å². The second-order valence-corrected chi connectivity index (χ2v) is 4.62. The molecule has 0 saturated heterocycles. The Morgan fingerprint density at radius 1 is 1.38 bits per heavy atom. The van der Waals surface area contributed by atoms with Crippen molar-refractivity contribution < 1.29 is 18.3 Å². The lowest BCUT2D eigenvalue weighted by Crippen LogP contribution is -2.10. The molecule has 0 atom stereocenters. The molecule has 0 aliphatic carbocycles. The fourth-order valence-electron chi connectivity index (χ4n) is 1.87. The maximum Gasteiger partial charge on any atom is 0.387 e. The molecule has 0 unspecified atom stereocenters. The molecule has 0 bridgehead atoms. The Morgan fingerprint density at radius 3 is 2.83 bits per heavy atom. The second-order valence-electron chi connectivity index (χ2n) is 4.62. The van der Waals surface area contributed by atoms with E-state index in [9.17, 15) is 13.6 Å². The summed E-state index contributed by atoms with van der Waals surface area (Å²) in [6, 6.07) is 5.77. The molecule has 1 aromatic heterocycles. The van der Waals surface area contributed by atoms with Gasteiger partial charge in [0.1, 0.15) is 0 Å². The van der Waals surface area contributed by atoms with Gasteiger partial charge in [0, 0.05) is 11.8 Å². The van der Waals surface area contributed by atoms with E-state index in [4.69, 9.17) is 4.74 Å². The first kappa shape index (κ1) is 17.4. The van der Waals surface area contributed by atoms with Crippen LogP contribution in [0.25, 0.3) is 0 Å². The third-order valence-corrected chi connectivity index (χ3v) is 2.74. The van der Waals surface area contributed by atoms with E-state index in [2.05, 4.69) is 25.2 Å². The van der Waals surface area contributed by atoms with Crippen molar-refractivity contribution in [2.24, 2.45) is 5.10 Å². The predicted molar refractivity (Wildman–Crippen MR) is 85.1 cm³/mol. The number of nitrogens with zero attached hydrogens (tertiary/aromatic N) is 2. The van der Waals surface area contributed by atoms with Crippen LogP contribution in [0.1, 0.15) is 18.2 Å². The Balaban J connectivity index is 2.13. The molecule has 0 saturated carbocycles. The first-order chi connectivity index (χ1) is 11.5. The Kier molecular flexibility index (Phi) is 5.83. The number of alkyl halides is 2. The van der Waals surface area contributed by atoms with Crippen molar-refractivity contribution >= 4 is 12.2 Å². The predicted octanol–water partition coefficient (Wildman–Crippen LogP) is 2.52. The van der Waals surface area contributed by atoms with Gasteiger partial charge in [-0.1, -0.05) is 0 Å². The summed E-state index contributed by atoms with van der Waals surface area (Å²) in [6.07, 6.45) is 1.43. The van der Waals surface area contributed by atoms with Gasteiger partial charge in [-0.15, -0.1) is 0 Å². The summed E-state index contributed by atoms with van der Waals surface area (Å²) in [7, 11) is 0.